The second-order valence-corrected chi connectivity index (χ2v) is 15.5. The number of benzene rings is 4. The summed E-state index contributed by atoms with van der Waals surface area (Å²) in [6.07, 6.45) is 0.247. The molecule has 4 aromatic rings. The number of aryl methyl sites for hydroxylation is 3. The van der Waals surface area contributed by atoms with Gasteiger partial charge in [-0.25, -0.2) is 8.42 Å². The van der Waals surface area contributed by atoms with Crippen LogP contribution in [-0.2, 0) is 32.6 Å². The molecule has 0 unspecified atom stereocenters. The van der Waals surface area contributed by atoms with Crippen LogP contribution in [0.15, 0.2) is 106 Å². The van der Waals surface area contributed by atoms with Crippen molar-refractivity contribution in [2.75, 3.05) is 10.8 Å². The number of nitrogens with zero attached hydrogens (tertiary/aromatic N) is 2. The molecular weight excluding hydrogens is 662 g/mol. The second kappa shape index (κ2) is 14.6. The zero-order chi connectivity index (χ0) is 33.6. The van der Waals surface area contributed by atoms with Gasteiger partial charge < -0.3 is 10.2 Å². The molecule has 0 heterocycles. The third kappa shape index (κ3) is 9.07. The number of hydrogen-bond donors (Lipinski definition) is 1. The summed E-state index contributed by atoms with van der Waals surface area (Å²) >= 11 is 3.52. The Hall–Kier alpha value is -3.95. The van der Waals surface area contributed by atoms with Crippen molar-refractivity contribution in [3.63, 3.8) is 0 Å². The van der Waals surface area contributed by atoms with Gasteiger partial charge in [-0.1, -0.05) is 88.2 Å². The molecule has 0 aliphatic rings. The van der Waals surface area contributed by atoms with Crippen LogP contribution in [0.25, 0.3) is 0 Å². The lowest BCUT2D eigenvalue weighted by Crippen LogP contribution is -2.56. The summed E-state index contributed by atoms with van der Waals surface area (Å²) in [7, 11) is -4.17. The minimum atomic E-state index is -4.17. The van der Waals surface area contributed by atoms with E-state index in [1.807, 2.05) is 108 Å². The van der Waals surface area contributed by atoms with Crippen molar-refractivity contribution in [1.82, 2.24) is 10.2 Å². The lowest BCUT2D eigenvalue weighted by atomic mass is 10.0. The van der Waals surface area contributed by atoms with E-state index >= 15 is 0 Å². The molecule has 0 aliphatic heterocycles. The summed E-state index contributed by atoms with van der Waals surface area (Å²) in [6, 6.07) is 28.3. The minimum absolute atomic E-state index is 0.0802. The Labute approximate surface area is 281 Å². The molecule has 0 aliphatic carbocycles. The van der Waals surface area contributed by atoms with Crippen LogP contribution in [0.2, 0.25) is 0 Å². The van der Waals surface area contributed by atoms with Gasteiger partial charge in [-0.3, -0.25) is 13.9 Å². The molecule has 1 N–H and O–H groups in total. The molecule has 0 radical (unpaired) electrons. The highest BCUT2D eigenvalue weighted by Gasteiger charge is 2.36. The monoisotopic (exact) mass is 703 g/mol. The SMILES string of the molecule is Cc1ccc(S(=O)(=O)N(CC(=O)N(Cc2cccc(Br)c2)[C@H](Cc2ccccc2)C(=O)NC(C)(C)C)c2cc(C)ccc2C)cc1. The van der Waals surface area contributed by atoms with E-state index in [2.05, 4.69) is 21.2 Å². The maximum absolute atomic E-state index is 14.7. The lowest BCUT2D eigenvalue weighted by molar-refractivity contribution is -0.140. The first kappa shape index (κ1) is 34.9. The molecule has 0 saturated heterocycles. The van der Waals surface area contributed by atoms with Crippen LogP contribution in [0.4, 0.5) is 5.69 Å². The molecule has 9 heteroatoms. The number of hydrogen-bond acceptors (Lipinski definition) is 4. The smallest absolute Gasteiger partial charge is 0.264 e. The van der Waals surface area contributed by atoms with Crippen LogP contribution in [0, 0.1) is 20.8 Å². The summed E-state index contributed by atoms with van der Waals surface area (Å²) in [6.45, 7) is 10.9. The number of anilines is 1. The molecular formula is C37H42BrN3O4S. The highest BCUT2D eigenvalue weighted by Crippen LogP contribution is 2.29. The fourth-order valence-corrected chi connectivity index (χ4v) is 7.09. The van der Waals surface area contributed by atoms with Gasteiger partial charge in [-0.2, -0.15) is 0 Å². The minimum Gasteiger partial charge on any atom is -0.350 e. The average Bonchev–Trinajstić information content (AvgIpc) is 2.98. The van der Waals surface area contributed by atoms with Gasteiger partial charge in [0.15, 0.2) is 0 Å². The number of amides is 2. The van der Waals surface area contributed by atoms with E-state index in [-0.39, 0.29) is 23.8 Å². The molecule has 242 valence electrons. The van der Waals surface area contributed by atoms with Crippen molar-refractivity contribution >= 4 is 43.5 Å². The molecule has 4 aromatic carbocycles. The third-order valence-corrected chi connectivity index (χ3v) is 9.80. The van der Waals surface area contributed by atoms with Gasteiger partial charge in [-0.05, 0) is 94.1 Å². The fourth-order valence-electron chi connectivity index (χ4n) is 5.18. The fraction of sp³-hybridized carbons (Fsp3) is 0.297. The van der Waals surface area contributed by atoms with Gasteiger partial charge in [0.25, 0.3) is 10.0 Å². The summed E-state index contributed by atoms with van der Waals surface area (Å²) in [4.78, 5) is 30.3. The number of halogens is 1. The van der Waals surface area contributed by atoms with Crippen LogP contribution < -0.4 is 9.62 Å². The van der Waals surface area contributed by atoms with Crippen molar-refractivity contribution in [2.45, 2.75) is 71.0 Å². The predicted octanol–water partition coefficient (Wildman–Crippen LogP) is 7.12. The van der Waals surface area contributed by atoms with Crippen molar-refractivity contribution < 1.29 is 18.0 Å². The first-order chi connectivity index (χ1) is 21.6. The molecule has 0 fully saturated rings. The first-order valence-corrected chi connectivity index (χ1v) is 17.4. The van der Waals surface area contributed by atoms with Crippen LogP contribution in [0.5, 0.6) is 0 Å². The molecule has 4 rings (SSSR count). The van der Waals surface area contributed by atoms with E-state index < -0.39 is 34.1 Å². The Morgan fingerprint density at radius 1 is 0.804 bits per heavy atom. The van der Waals surface area contributed by atoms with E-state index in [1.165, 1.54) is 9.21 Å². The van der Waals surface area contributed by atoms with Crippen molar-refractivity contribution in [2.24, 2.45) is 0 Å². The number of nitrogens with one attached hydrogen (secondary N) is 1. The Kier molecular flexibility index (Phi) is 11.1. The Morgan fingerprint density at radius 3 is 2.07 bits per heavy atom. The third-order valence-electron chi connectivity index (χ3n) is 7.53. The zero-order valence-corrected chi connectivity index (χ0v) is 29.7. The van der Waals surface area contributed by atoms with Crippen molar-refractivity contribution in [3.8, 4) is 0 Å². The molecule has 0 aromatic heterocycles. The Morgan fingerprint density at radius 2 is 1.43 bits per heavy atom. The molecule has 0 saturated carbocycles. The molecule has 0 bridgehead atoms. The number of rotatable bonds is 11. The molecule has 7 nitrogen and oxygen atoms in total. The molecule has 0 spiro atoms. The van der Waals surface area contributed by atoms with Crippen LogP contribution in [0.3, 0.4) is 0 Å². The van der Waals surface area contributed by atoms with Crippen LogP contribution in [-0.4, -0.2) is 43.3 Å². The summed E-state index contributed by atoms with van der Waals surface area (Å²) in [5.74, 6) is -0.819. The van der Waals surface area contributed by atoms with E-state index in [0.29, 0.717) is 11.3 Å². The normalized spacial score (nSPS) is 12.3. The van der Waals surface area contributed by atoms with Crippen molar-refractivity contribution in [1.29, 1.82) is 0 Å². The van der Waals surface area contributed by atoms with Gasteiger partial charge >= 0.3 is 0 Å². The summed E-state index contributed by atoms with van der Waals surface area (Å²) in [5, 5.41) is 3.06. The highest BCUT2D eigenvalue weighted by atomic mass is 79.9. The number of sulfonamides is 1. The highest BCUT2D eigenvalue weighted by molar-refractivity contribution is 9.10. The van der Waals surface area contributed by atoms with E-state index in [4.69, 9.17) is 0 Å². The number of carbonyl (C=O) groups is 2. The van der Waals surface area contributed by atoms with Crippen LogP contribution in [0.1, 0.15) is 48.6 Å². The van der Waals surface area contributed by atoms with Gasteiger partial charge in [0.2, 0.25) is 11.8 Å². The van der Waals surface area contributed by atoms with E-state index in [9.17, 15) is 18.0 Å². The maximum Gasteiger partial charge on any atom is 0.264 e. The molecule has 46 heavy (non-hydrogen) atoms. The predicted molar refractivity (Wildman–Crippen MR) is 188 cm³/mol. The van der Waals surface area contributed by atoms with Crippen molar-refractivity contribution in [3.05, 3.63) is 129 Å². The molecule has 2 amide bonds. The van der Waals surface area contributed by atoms with E-state index in [0.717, 1.165) is 26.7 Å². The zero-order valence-electron chi connectivity index (χ0n) is 27.2. The Bertz CT molecular complexity index is 1790. The summed E-state index contributed by atoms with van der Waals surface area (Å²) in [5.41, 5.74) is 4.01. The topological polar surface area (TPSA) is 86.8 Å². The first-order valence-electron chi connectivity index (χ1n) is 15.2. The number of carbonyl (C=O) groups excluding carboxylic acids is 2. The largest absolute Gasteiger partial charge is 0.350 e. The Balaban J connectivity index is 1.85. The van der Waals surface area contributed by atoms with Crippen LogP contribution >= 0.6 is 15.9 Å². The summed E-state index contributed by atoms with van der Waals surface area (Å²) < 4.78 is 30.6. The lowest BCUT2D eigenvalue weighted by Gasteiger charge is -2.35. The van der Waals surface area contributed by atoms with Gasteiger partial charge in [0, 0.05) is 23.0 Å². The quantitative estimate of drug-likeness (QED) is 0.180. The van der Waals surface area contributed by atoms with E-state index in [1.54, 1.807) is 30.3 Å². The second-order valence-electron chi connectivity index (χ2n) is 12.7. The standard InChI is InChI=1S/C37H42BrN3O4S/c1-26-16-19-32(20-17-26)46(44,45)41(33-21-27(2)15-18-28(33)3)25-35(42)40(24-30-13-10-14-31(38)22-30)34(36(43)39-37(4,5)6)23-29-11-8-7-9-12-29/h7-22,34H,23-25H2,1-6H3,(H,39,43)/t34-/m1/s1. The molecule has 1 atom stereocenters. The van der Waals surface area contributed by atoms with Gasteiger partial charge in [-0.15, -0.1) is 0 Å². The average molecular weight is 705 g/mol. The maximum atomic E-state index is 14.7. The van der Waals surface area contributed by atoms with Gasteiger partial charge in [0.1, 0.15) is 12.6 Å². The van der Waals surface area contributed by atoms with Gasteiger partial charge in [0.05, 0.1) is 10.6 Å².